The minimum atomic E-state index is -1.25. The molecular weight excluding hydrogens is 408 g/mol. The maximum Gasteiger partial charge on any atom is 0.408 e. The summed E-state index contributed by atoms with van der Waals surface area (Å²) in [6, 6.07) is 18.6. The van der Waals surface area contributed by atoms with Crippen molar-refractivity contribution in [3.05, 3.63) is 71.8 Å². The number of hydrogen-bond donors (Lipinski definition) is 1. The molecule has 0 radical (unpaired) electrons. The van der Waals surface area contributed by atoms with E-state index in [0.29, 0.717) is 12.1 Å². The molecule has 1 heterocycles. The van der Waals surface area contributed by atoms with Crippen LogP contribution in [-0.4, -0.2) is 36.0 Å². The third kappa shape index (κ3) is 5.87. The average Bonchev–Trinajstić information content (AvgIpc) is 3.22. The van der Waals surface area contributed by atoms with Crippen molar-refractivity contribution in [1.29, 1.82) is 0 Å². The van der Waals surface area contributed by atoms with E-state index in [2.05, 4.69) is 10.5 Å². The first-order valence-electron chi connectivity index (χ1n) is 10.9. The molecule has 3 rings (SSSR count). The van der Waals surface area contributed by atoms with E-state index in [1.807, 2.05) is 74.5 Å². The molecule has 1 aliphatic rings. The zero-order chi connectivity index (χ0) is 23.0. The Morgan fingerprint density at radius 1 is 1.03 bits per heavy atom. The van der Waals surface area contributed by atoms with Gasteiger partial charge in [-0.15, -0.1) is 0 Å². The quantitative estimate of drug-likeness (QED) is 0.591. The van der Waals surface area contributed by atoms with Crippen molar-refractivity contribution in [2.75, 3.05) is 6.61 Å². The van der Waals surface area contributed by atoms with Gasteiger partial charge in [0.2, 0.25) is 5.60 Å². The van der Waals surface area contributed by atoms with E-state index in [-0.39, 0.29) is 25.6 Å². The molecule has 32 heavy (non-hydrogen) atoms. The highest BCUT2D eigenvalue weighted by Gasteiger charge is 2.50. The maximum absolute atomic E-state index is 12.9. The Hall–Kier alpha value is -3.35. The van der Waals surface area contributed by atoms with Crippen molar-refractivity contribution in [2.24, 2.45) is 11.1 Å². The lowest BCUT2D eigenvalue weighted by molar-refractivity contribution is -0.168. The Labute approximate surface area is 188 Å². The van der Waals surface area contributed by atoms with Gasteiger partial charge in [0.25, 0.3) is 0 Å². The molecule has 0 aliphatic carbocycles. The molecule has 1 aliphatic heterocycles. The van der Waals surface area contributed by atoms with Crippen LogP contribution in [-0.2, 0) is 32.1 Å². The van der Waals surface area contributed by atoms with Crippen LogP contribution in [0.15, 0.2) is 65.8 Å². The second-order valence-electron chi connectivity index (χ2n) is 8.16. The predicted molar refractivity (Wildman–Crippen MR) is 121 cm³/mol. The van der Waals surface area contributed by atoms with Crippen LogP contribution in [0.4, 0.5) is 4.79 Å². The number of rotatable bonds is 9. The Bertz CT molecular complexity index is 930. The van der Waals surface area contributed by atoms with Gasteiger partial charge in [0.1, 0.15) is 6.61 Å². The zero-order valence-corrected chi connectivity index (χ0v) is 18.7. The second kappa shape index (κ2) is 10.8. The van der Waals surface area contributed by atoms with Crippen molar-refractivity contribution < 1.29 is 23.9 Å². The molecule has 170 valence electrons. The highest BCUT2D eigenvalue weighted by molar-refractivity contribution is 5.98. The van der Waals surface area contributed by atoms with Crippen LogP contribution in [0.5, 0.6) is 0 Å². The lowest BCUT2D eigenvalue weighted by Gasteiger charge is -2.26. The molecule has 7 heteroatoms. The number of carbonyl (C=O) groups excluding carboxylic acids is 2. The number of hydrogen-bond acceptors (Lipinski definition) is 6. The summed E-state index contributed by atoms with van der Waals surface area (Å²) >= 11 is 0. The Kier molecular flexibility index (Phi) is 7.87. The van der Waals surface area contributed by atoms with Gasteiger partial charge in [-0.3, -0.25) is 0 Å². The third-order valence-electron chi connectivity index (χ3n) is 5.30. The van der Waals surface area contributed by atoms with Crippen molar-refractivity contribution in [1.82, 2.24) is 5.32 Å². The standard InChI is InChI=1S/C25H30N2O5/c1-4-30-23(28)25(15-19-11-7-5-8-12-19)16-21(27-32-25)22(18(2)3)26-24(29)31-17-20-13-9-6-10-14-20/h5-14,18,22H,4,15-17H2,1-3H3,(H,26,29)/t22-,25?/m0/s1. The van der Waals surface area contributed by atoms with E-state index in [1.54, 1.807) is 6.92 Å². The first-order valence-corrected chi connectivity index (χ1v) is 10.9. The van der Waals surface area contributed by atoms with Crippen molar-refractivity contribution in [3.63, 3.8) is 0 Å². The van der Waals surface area contributed by atoms with Crippen LogP contribution in [0.2, 0.25) is 0 Å². The normalized spacial score (nSPS) is 18.4. The molecule has 0 saturated heterocycles. The lowest BCUT2D eigenvalue weighted by atomic mass is 9.86. The number of esters is 1. The monoisotopic (exact) mass is 438 g/mol. The summed E-state index contributed by atoms with van der Waals surface area (Å²) in [6.45, 7) is 6.09. The molecule has 1 N–H and O–H groups in total. The highest BCUT2D eigenvalue weighted by atomic mass is 16.7. The lowest BCUT2D eigenvalue weighted by Crippen LogP contribution is -2.48. The summed E-state index contributed by atoms with van der Waals surface area (Å²) in [4.78, 5) is 31.0. The van der Waals surface area contributed by atoms with E-state index < -0.39 is 23.7 Å². The molecule has 2 aromatic carbocycles. The number of amides is 1. The largest absolute Gasteiger partial charge is 0.463 e. The van der Waals surface area contributed by atoms with Crippen molar-refractivity contribution >= 4 is 17.8 Å². The van der Waals surface area contributed by atoms with Gasteiger partial charge in [0.15, 0.2) is 0 Å². The fourth-order valence-electron chi connectivity index (χ4n) is 3.66. The van der Waals surface area contributed by atoms with E-state index in [4.69, 9.17) is 14.3 Å². The molecule has 0 fully saturated rings. The van der Waals surface area contributed by atoms with Gasteiger partial charge >= 0.3 is 12.1 Å². The molecule has 2 aromatic rings. The smallest absolute Gasteiger partial charge is 0.408 e. The van der Waals surface area contributed by atoms with Crippen LogP contribution < -0.4 is 5.32 Å². The molecule has 0 bridgehead atoms. The van der Waals surface area contributed by atoms with Crippen LogP contribution >= 0.6 is 0 Å². The summed E-state index contributed by atoms with van der Waals surface area (Å²) in [5.74, 6) is -0.451. The molecule has 2 atom stereocenters. The number of benzene rings is 2. The van der Waals surface area contributed by atoms with Crippen LogP contribution in [0.1, 0.15) is 38.3 Å². The SMILES string of the molecule is CCOC(=O)C1(Cc2ccccc2)CC([C@@H](NC(=O)OCc2ccccc2)C(C)C)=NO1. The van der Waals surface area contributed by atoms with Gasteiger partial charge < -0.3 is 19.6 Å². The number of alkyl carbamates (subject to hydrolysis) is 1. The summed E-state index contributed by atoms with van der Waals surface area (Å²) in [7, 11) is 0. The second-order valence-corrected chi connectivity index (χ2v) is 8.16. The summed E-state index contributed by atoms with van der Waals surface area (Å²) in [6.07, 6.45) is -0.00202. The molecule has 1 unspecified atom stereocenters. The fourth-order valence-corrected chi connectivity index (χ4v) is 3.66. The summed E-state index contributed by atoms with van der Waals surface area (Å²) in [5, 5.41) is 7.10. The Morgan fingerprint density at radius 2 is 1.66 bits per heavy atom. The Morgan fingerprint density at radius 3 is 2.25 bits per heavy atom. The molecule has 0 saturated carbocycles. The predicted octanol–water partition coefficient (Wildman–Crippen LogP) is 4.26. The molecular formula is C25H30N2O5. The van der Waals surface area contributed by atoms with Crippen molar-refractivity contribution in [3.8, 4) is 0 Å². The maximum atomic E-state index is 12.9. The summed E-state index contributed by atoms with van der Waals surface area (Å²) < 4.78 is 10.7. The average molecular weight is 439 g/mol. The van der Waals surface area contributed by atoms with Gasteiger partial charge in [-0.1, -0.05) is 79.7 Å². The van der Waals surface area contributed by atoms with Gasteiger partial charge in [-0.05, 0) is 24.0 Å². The van der Waals surface area contributed by atoms with Crippen LogP contribution in [0, 0.1) is 5.92 Å². The minimum absolute atomic E-state index is 0.0105. The first-order chi connectivity index (χ1) is 15.4. The molecule has 7 nitrogen and oxygen atoms in total. The molecule has 0 aromatic heterocycles. The van der Waals surface area contributed by atoms with E-state index in [0.717, 1.165) is 11.1 Å². The fraction of sp³-hybridized carbons (Fsp3) is 0.400. The number of nitrogens with zero attached hydrogens (tertiary/aromatic N) is 1. The highest BCUT2D eigenvalue weighted by Crippen LogP contribution is 2.32. The Balaban J connectivity index is 1.69. The first kappa shape index (κ1) is 23.3. The summed E-state index contributed by atoms with van der Waals surface area (Å²) in [5.41, 5.74) is 1.17. The van der Waals surface area contributed by atoms with Crippen LogP contribution in [0.3, 0.4) is 0 Å². The zero-order valence-electron chi connectivity index (χ0n) is 18.7. The van der Waals surface area contributed by atoms with E-state index >= 15 is 0 Å². The molecule has 0 spiro atoms. The van der Waals surface area contributed by atoms with E-state index in [9.17, 15) is 9.59 Å². The topological polar surface area (TPSA) is 86.2 Å². The van der Waals surface area contributed by atoms with Gasteiger partial charge in [0, 0.05) is 12.8 Å². The van der Waals surface area contributed by atoms with Gasteiger partial charge in [-0.25, -0.2) is 9.59 Å². The van der Waals surface area contributed by atoms with Gasteiger partial charge in [-0.2, -0.15) is 0 Å². The van der Waals surface area contributed by atoms with Crippen molar-refractivity contribution in [2.45, 2.75) is 51.9 Å². The van der Waals surface area contributed by atoms with Crippen LogP contribution in [0.25, 0.3) is 0 Å². The number of ether oxygens (including phenoxy) is 2. The number of oxime groups is 1. The number of carbonyl (C=O) groups is 2. The third-order valence-corrected chi connectivity index (χ3v) is 5.30. The van der Waals surface area contributed by atoms with Gasteiger partial charge in [0.05, 0.1) is 18.4 Å². The minimum Gasteiger partial charge on any atom is -0.463 e. The van der Waals surface area contributed by atoms with E-state index in [1.165, 1.54) is 0 Å². The molecule has 1 amide bonds. The number of nitrogens with one attached hydrogen (secondary N) is 1.